The largest absolute Gasteiger partial charge is 0.354 e. The first kappa shape index (κ1) is 33.1. The number of sulfone groups is 1. The topological polar surface area (TPSA) is 159 Å². The minimum Gasteiger partial charge on any atom is -0.354 e. The summed E-state index contributed by atoms with van der Waals surface area (Å²) < 4.78 is 27.1. The summed E-state index contributed by atoms with van der Waals surface area (Å²) in [5, 5.41) is 13.0. The van der Waals surface area contributed by atoms with Gasteiger partial charge < -0.3 is 11.1 Å². The van der Waals surface area contributed by atoms with Crippen LogP contribution in [0, 0.1) is 0 Å². The fourth-order valence-corrected chi connectivity index (χ4v) is 5.55. The molecule has 3 N–H and O–H groups in total. The van der Waals surface area contributed by atoms with E-state index in [9.17, 15) is 8.42 Å². The van der Waals surface area contributed by atoms with Crippen LogP contribution in [-0.4, -0.2) is 67.3 Å². The van der Waals surface area contributed by atoms with E-state index in [0.29, 0.717) is 21.6 Å². The molecule has 0 aliphatic carbocycles. The lowest BCUT2D eigenvalue weighted by Crippen LogP contribution is -2.08. The SMILES string of the molecule is Cn1nc(Br)c2cnc(NCCc3ccccc3)nc21.Cn1nc(Br)c2cnc(S(C)(=O)=O)nc21.NCCc1ccccc1. The van der Waals surface area contributed by atoms with Gasteiger partial charge in [0, 0.05) is 39.3 Å². The Morgan fingerprint density at radius 3 is 1.80 bits per heavy atom. The first-order valence-electron chi connectivity index (χ1n) is 13.5. The number of hydrogen-bond acceptors (Lipinski definition) is 10. The fraction of sp³-hybridized carbons (Fsp3) is 0.241. The molecule has 44 heavy (non-hydrogen) atoms. The molecule has 12 nitrogen and oxygen atoms in total. The van der Waals surface area contributed by atoms with Crippen LogP contribution in [0.5, 0.6) is 0 Å². The lowest BCUT2D eigenvalue weighted by atomic mass is 10.1. The molecule has 15 heteroatoms. The summed E-state index contributed by atoms with van der Waals surface area (Å²) >= 11 is 6.62. The Hall–Kier alpha value is -3.79. The number of fused-ring (bicyclic) bond motifs is 2. The summed E-state index contributed by atoms with van der Waals surface area (Å²) in [4.78, 5) is 16.5. The third kappa shape index (κ3) is 8.87. The average Bonchev–Trinajstić information content (AvgIpc) is 3.47. The molecule has 0 bridgehead atoms. The van der Waals surface area contributed by atoms with Gasteiger partial charge in [0.05, 0.1) is 10.8 Å². The highest BCUT2D eigenvalue weighted by Crippen LogP contribution is 2.22. The zero-order valence-electron chi connectivity index (χ0n) is 24.4. The summed E-state index contributed by atoms with van der Waals surface area (Å²) in [5.74, 6) is 0.629. The molecule has 4 aromatic heterocycles. The van der Waals surface area contributed by atoms with Gasteiger partial charge in [-0.05, 0) is 62.4 Å². The molecule has 230 valence electrons. The van der Waals surface area contributed by atoms with Gasteiger partial charge >= 0.3 is 0 Å². The maximum Gasteiger partial charge on any atom is 0.248 e. The van der Waals surface area contributed by atoms with Crippen molar-refractivity contribution in [2.75, 3.05) is 24.7 Å². The predicted molar refractivity (Wildman–Crippen MR) is 179 cm³/mol. The van der Waals surface area contributed by atoms with Crippen molar-refractivity contribution in [3.05, 3.63) is 93.4 Å². The molecule has 2 aromatic carbocycles. The number of halogens is 2. The van der Waals surface area contributed by atoms with Gasteiger partial charge in [-0.15, -0.1) is 0 Å². The summed E-state index contributed by atoms with van der Waals surface area (Å²) in [6, 6.07) is 20.6. The molecular formula is C29H32Br2N10O2S. The van der Waals surface area contributed by atoms with Gasteiger partial charge in [-0.2, -0.15) is 20.2 Å². The van der Waals surface area contributed by atoms with Crippen LogP contribution in [-0.2, 0) is 36.8 Å². The van der Waals surface area contributed by atoms with E-state index >= 15 is 0 Å². The minimum atomic E-state index is -3.38. The van der Waals surface area contributed by atoms with Crippen molar-refractivity contribution in [3.8, 4) is 0 Å². The van der Waals surface area contributed by atoms with E-state index in [-0.39, 0.29) is 5.16 Å². The van der Waals surface area contributed by atoms with Gasteiger partial charge in [-0.25, -0.2) is 27.7 Å². The van der Waals surface area contributed by atoms with Crippen LogP contribution in [0.1, 0.15) is 11.1 Å². The Morgan fingerprint density at radius 2 is 1.27 bits per heavy atom. The number of benzene rings is 2. The molecule has 4 heterocycles. The molecule has 6 aromatic rings. The average molecular weight is 745 g/mol. The summed E-state index contributed by atoms with van der Waals surface area (Å²) in [6.07, 6.45) is 6.22. The second kappa shape index (κ2) is 15.3. The summed E-state index contributed by atoms with van der Waals surface area (Å²) in [5.41, 5.74) is 9.27. The Labute approximate surface area is 272 Å². The lowest BCUT2D eigenvalue weighted by Gasteiger charge is -2.05. The molecular weight excluding hydrogens is 712 g/mol. The van der Waals surface area contributed by atoms with Crippen LogP contribution in [0.4, 0.5) is 5.95 Å². The third-order valence-corrected chi connectivity index (χ3v) is 8.23. The van der Waals surface area contributed by atoms with E-state index in [1.54, 1.807) is 17.9 Å². The van der Waals surface area contributed by atoms with Crippen molar-refractivity contribution in [3.63, 3.8) is 0 Å². The normalized spacial score (nSPS) is 11.0. The quantitative estimate of drug-likeness (QED) is 0.223. The smallest absolute Gasteiger partial charge is 0.248 e. The third-order valence-electron chi connectivity index (χ3n) is 6.20. The van der Waals surface area contributed by atoms with Crippen LogP contribution in [0.25, 0.3) is 22.1 Å². The standard InChI is InChI=1S/C14H14BrN5.C8H11N.C7H7BrN4O2S/c1-20-13-11(12(15)19-20)9-17-14(18-13)16-8-7-10-5-3-2-4-6-10;9-7-6-8-4-2-1-3-5-8;1-12-6-4(5(8)11-12)3-9-7(10-6)15(2,13)14/h2-6,9H,7-8H2,1H3,(H,16,17,18);1-5H,6-7,9H2;3H,1-2H3. The minimum absolute atomic E-state index is 0.189. The van der Waals surface area contributed by atoms with Gasteiger partial charge in [-0.1, -0.05) is 60.7 Å². The van der Waals surface area contributed by atoms with Crippen molar-refractivity contribution < 1.29 is 8.42 Å². The fourth-order valence-electron chi connectivity index (χ4n) is 4.02. The van der Waals surface area contributed by atoms with E-state index < -0.39 is 9.84 Å². The number of anilines is 1. The highest BCUT2D eigenvalue weighted by atomic mass is 79.9. The Kier molecular flexibility index (Phi) is 11.5. The number of nitrogens with zero attached hydrogens (tertiary/aromatic N) is 8. The van der Waals surface area contributed by atoms with E-state index in [0.717, 1.165) is 47.8 Å². The first-order valence-corrected chi connectivity index (χ1v) is 17.0. The predicted octanol–water partition coefficient (Wildman–Crippen LogP) is 4.50. The van der Waals surface area contributed by atoms with E-state index in [1.165, 1.54) is 22.0 Å². The first-order chi connectivity index (χ1) is 21.1. The molecule has 0 fully saturated rings. The van der Waals surface area contributed by atoms with Crippen LogP contribution in [0.15, 0.2) is 87.4 Å². The number of hydrogen-bond donors (Lipinski definition) is 2. The van der Waals surface area contributed by atoms with Crippen LogP contribution >= 0.6 is 31.9 Å². The molecule has 0 amide bonds. The molecule has 0 unspecified atom stereocenters. The molecule has 0 aliphatic rings. The van der Waals surface area contributed by atoms with Crippen molar-refractivity contribution in [1.82, 2.24) is 39.5 Å². The number of aromatic nitrogens is 8. The summed E-state index contributed by atoms with van der Waals surface area (Å²) in [7, 11) is 0.175. The van der Waals surface area contributed by atoms with E-state index in [1.807, 2.05) is 43.4 Å². The second-order valence-corrected chi connectivity index (χ2v) is 13.0. The Bertz CT molecular complexity index is 1930. The number of nitrogens with one attached hydrogen (secondary N) is 1. The van der Waals surface area contributed by atoms with Crippen LogP contribution in [0.2, 0.25) is 0 Å². The number of nitrogens with two attached hydrogens (primary N) is 1. The Balaban J connectivity index is 0.000000162. The molecule has 0 saturated carbocycles. The number of aryl methyl sites for hydroxylation is 2. The monoisotopic (exact) mass is 742 g/mol. The number of rotatable bonds is 7. The lowest BCUT2D eigenvalue weighted by molar-refractivity contribution is 0.593. The van der Waals surface area contributed by atoms with Crippen LogP contribution in [0.3, 0.4) is 0 Å². The van der Waals surface area contributed by atoms with Crippen molar-refractivity contribution in [1.29, 1.82) is 0 Å². The highest BCUT2D eigenvalue weighted by molar-refractivity contribution is 9.10. The summed E-state index contributed by atoms with van der Waals surface area (Å²) in [6.45, 7) is 1.54. The molecule has 0 aliphatic heterocycles. The van der Waals surface area contributed by atoms with Gasteiger partial charge in [0.15, 0.2) is 11.3 Å². The van der Waals surface area contributed by atoms with Crippen molar-refractivity contribution >= 4 is 69.7 Å². The Morgan fingerprint density at radius 1 is 0.773 bits per heavy atom. The molecule has 0 saturated heterocycles. The van der Waals surface area contributed by atoms with Crippen LogP contribution < -0.4 is 11.1 Å². The van der Waals surface area contributed by atoms with Crippen molar-refractivity contribution in [2.45, 2.75) is 18.0 Å². The highest BCUT2D eigenvalue weighted by Gasteiger charge is 2.15. The molecule has 6 rings (SSSR count). The molecule has 0 atom stereocenters. The molecule has 0 spiro atoms. The van der Waals surface area contributed by atoms with Gasteiger partial charge in [0.2, 0.25) is 20.9 Å². The van der Waals surface area contributed by atoms with E-state index in [4.69, 9.17) is 5.73 Å². The van der Waals surface area contributed by atoms with Gasteiger partial charge in [0.25, 0.3) is 0 Å². The van der Waals surface area contributed by atoms with Gasteiger partial charge in [0.1, 0.15) is 9.21 Å². The maximum absolute atomic E-state index is 11.2. The molecule has 0 radical (unpaired) electrons. The van der Waals surface area contributed by atoms with Gasteiger partial charge in [-0.3, -0.25) is 0 Å². The maximum atomic E-state index is 11.2. The zero-order valence-corrected chi connectivity index (χ0v) is 28.4. The van der Waals surface area contributed by atoms with Crippen molar-refractivity contribution in [2.24, 2.45) is 19.8 Å². The van der Waals surface area contributed by atoms with E-state index in [2.05, 4.69) is 91.6 Å². The zero-order chi connectivity index (χ0) is 31.7. The second-order valence-electron chi connectivity index (χ2n) is 9.61.